The molecule has 2 aromatic rings. The van der Waals surface area contributed by atoms with E-state index in [9.17, 15) is 0 Å². The summed E-state index contributed by atoms with van der Waals surface area (Å²) in [7, 11) is 0. The maximum absolute atomic E-state index is 4.66. The van der Waals surface area contributed by atoms with Crippen molar-refractivity contribution in [3.63, 3.8) is 0 Å². The first-order chi connectivity index (χ1) is 12.4. The van der Waals surface area contributed by atoms with Crippen LogP contribution in [0.3, 0.4) is 0 Å². The first-order valence-corrected chi connectivity index (χ1v) is 10.2. The molecule has 4 heteroatoms. The second kappa shape index (κ2) is 8.07. The van der Waals surface area contributed by atoms with E-state index in [1.807, 2.05) is 23.9 Å². The van der Waals surface area contributed by atoms with Crippen LogP contribution in [0.2, 0.25) is 0 Å². The molecule has 4 rings (SSSR count). The summed E-state index contributed by atoms with van der Waals surface area (Å²) in [6, 6.07) is 12.9. The highest BCUT2D eigenvalue weighted by Gasteiger charge is 2.21. The number of nitrogens with zero attached hydrogens (tertiary/aromatic N) is 1. The molecule has 0 fully saturated rings. The average molecular weight is 352 g/mol. The third kappa shape index (κ3) is 4.07. The maximum atomic E-state index is 4.66. The Balaban J connectivity index is 1.24. The Bertz CT molecular complexity index is 797. The summed E-state index contributed by atoms with van der Waals surface area (Å²) >= 11 is 1.93. The van der Waals surface area contributed by atoms with Crippen molar-refractivity contribution in [3.8, 4) is 0 Å². The highest BCUT2D eigenvalue weighted by molar-refractivity contribution is 8.05. The van der Waals surface area contributed by atoms with Crippen LogP contribution in [-0.4, -0.2) is 24.1 Å². The van der Waals surface area contributed by atoms with Crippen LogP contribution in [0, 0.1) is 0 Å². The molecule has 1 aromatic heterocycles. The van der Waals surface area contributed by atoms with E-state index in [0.29, 0.717) is 6.04 Å². The van der Waals surface area contributed by atoms with E-state index in [1.54, 1.807) is 10.5 Å². The molecule has 2 aliphatic rings. The molecular formula is C21H25N3S. The standard InChI is InChI=1S/C21H25N3S/c1-3-8-18-16(6-1)10-11-21(24-18)23-14-5-13-22-19-12-15-25-20-9-4-2-7-17(19)20/h1,3,6,8,10-12,15,19,22H,2,4-5,7,9,13-14H2,(H,23,24). The van der Waals surface area contributed by atoms with Crippen LogP contribution < -0.4 is 10.6 Å². The van der Waals surface area contributed by atoms with E-state index in [1.165, 1.54) is 31.1 Å². The second-order valence-corrected chi connectivity index (χ2v) is 7.70. The van der Waals surface area contributed by atoms with Crippen LogP contribution in [-0.2, 0) is 0 Å². The monoisotopic (exact) mass is 351 g/mol. The minimum atomic E-state index is 0.454. The molecule has 1 aliphatic carbocycles. The number of pyridine rings is 1. The van der Waals surface area contributed by atoms with Crippen molar-refractivity contribution in [3.05, 3.63) is 58.4 Å². The second-order valence-electron chi connectivity index (χ2n) is 6.70. The molecule has 3 nitrogen and oxygen atoms in total. The van der Waals surface area contributed by atoms with Crippen molar-refractivity contribution in [1.82, 2.24) is 10.3 Å². The van der Waals surface area contributed by atoms with Crippen LogP contribution in [0.25, 0.3) is 10.9 Å². The van der Waals surface area contributed by atoms with Gasteiger partial charge in [0.05, 0.1) is 5.52 Å². The summed E-state index contributed by atoms with van der Waals surface area (Å²) in [5, 5.41) is 10.6. The van der Waals surface area contributed by atoms with Gasteiger partial charge in [0.15, 0.2) is 0 Å². The number of benzene rings is 1. The van der Waals surface area contributed by atoms with Gasteiger partial charge in [-0.25, -0.2) is 4.98 Å². The first kappa shape index (κ1) is 16.7. The lowest BCUT2D eigenvalue weighted by atomic mass is 9.93. The Kier molecular flexibility index (Phi) is 5.38. The fourth-order valence-electron chi connectivity index (χ4n) is 3.60. The largest absolute Gasteiger partial charge is 0.370 e. The number of anilines is 1. The predicted molar refractivity (Wildman–Crippen MR) is 109 cm³/mol. The Morgan fingerprint density at radius 1 is 1.04 bits per heavy atom. The number of aromatic nitrogens is 1. The van der Waals surface area contributed by atoms with Gasteiger partial charge >= 0.3 is 0 Å². The Morgan fingerprint density at radius 3 is 2.96 bits per heavy atom. The van der Waals surface area contributed by atoms with Crippen LogP contribution in [0.4, 0.5) is 5.82 Å². The van der Waals surface area contributed by atoms with Gasteiger partial charge in [0.1, 0.15) is 5.82 Å². The highest BCUT2D eigenvalue weighted by atomic mass is 32.2. The molecule has 1 atom stereocenters. The van der Waals surface area contributed by atoms with Crippen molar-refractivity contribution in [2.45, 2.75) is 38.1 Å². The minimum Gasteiger partial charge on any atom is -0.370 e. The van der Waals surface area contributed by atoms with Gasteiger partial charge in [-0.2, -0.15) is 0 Å². The van der Waals surface area contributed by atoms with E-state index in [4.69, 9.17) is 0 Å². The van der Waals surface area contributed by atoms with Gasteiger partial charge in [0, 0.05) is 18.0 Å². The number of nitrogens with one attached hydrogen (secondary N) is 2. The average Bonchev–Trinajstić information content (AvgIpc) is 2.68. The predicted octanol–water partition coefficient (Wildman–Crippen LogP) is 5.08. The van der Waals surface area contributed by atoms with Crippen LogP contribution in [0.1, 0.15) is 32.1 Å². The Hall–Kier alpha value is -1.78. The molecule has 0 bridgehead atoms. The Labute approximate surface area is 154 Å². The van der Waals surface area contributed by atoms with Gasteiger partial charge in [-0.05, 0) is 72.7 Å². The van der Waals surface area contributed by atoms with Crippen LogP contribution in [0.15, 0.2) is 58.4 Å². The highest BCUT2D eigenvalue weighted by Crippen LogP contribution is 2.38. The van der Waals surface area contributed by atoms with Crippen molar-refractivity contribution >= 4 is 28.5 Å². The van der Waals surface area contributed by atoms with Crippen molar-refractivity contribution < 1.29 is 0 Å². The third-order valence-electron chi connectivity index (χ3n) is 4.94. The van der Waals surface area contributed by atoms with Crippen molar-refractivity contribution in [1.29, 1.82) is 0 Å². The quantitative estimate of drug-likeness (QED) is 0.711. The van der Waals surface area contributed by atoms with Crippen molar-refractivity contribution in [2.24, 2.45) is 0 Å². The lowest BCUT2D eigenvalue weighted by Gasteiger charge is -2.28. The number of para-hydroxylation sites is 1. The van der Waals surface area contributed by atoms with E-state index in [0.717, 1.165) is 30.8 Å². The molecule has 2 heterocycles. The molecule has 130 valence electrons. The molecule has 2 N–H and O–H groups in total. The van der Waals surface area contributed by atoms with Gasteiger partial charge in [-0.15, -0.1) is 11.8 Å². The summed E-state index contributed by atoms with van der Waals surface area (Å²) in [5.41, 5.74) is 2.69. The number of hydrogen-bond donors (Lipinski definition) is 2. The van der Waals surface area contributed by atoms with E-state index < -0.39 is 0 Å². The molecule has 0 radical (unpaired) electrons. The first-order valence-electron chi connectivity index (χ1n) is 9.28. The zero-order valence-electron chi connectivity index (χ0n) is 14.5. The fraction of sp³-hybridized carbons (Fsp3) is 0.381. The number of fused-ring (bicyclic) bond motifs is 1. The summed E-state index contributed by atoms with van der Waals surface area (Å²) in [5.74, 6) is 0.963. The molecule has 1 aromatic carbocycles. The van der Waals surface area contributed by atoms with Gasteiger partial charge in [-0.1, -0.05) is 24.3 Å². The third-order valence-corrected chi connectivity index (χ3v) is 5.98. The summed E-state index contributed by atoms with van der Waals surface area (Å²) < 4.78 is 0. The minimum absolute atomic E-state index is 0.454. The van der Waals surface area contributed by atoms with Gasteiger partial charge in [0.25, 0.3) is 0 Å². The number of rotatable bonds is 6. The zero-order chi connectivity index (χ0) is 16.9. The van der Waals surface area contributed by atoms with Gasteiger partial charge in [0.2, 0.25) is 0 Å². The molecular weight excluding hydrogens is 326 g/mol. The SMILES string of the molecule is C1=CC(NCCCNc2ccc3ccccc3n2)C2=C(CCCC2)S1. The Morgan fingerprint density at radius 2 is 1.96 bits per heavy atom. The topological polar surface area (TPSA) is 37.0 Å². The number of allylic oxidation sites excluding steroid dienone is 1. The lowest BCUT2D eigenvalue weighted by Crippen LogP contribution is -2.33. The molecule has 0 saturated heterocycles. The fourth-order valence-corrected chi connectivity index (χ4v) is 4.64. The van der Waals surface area contributed by atoms with E-state index in [2.05, 4.69) is 51.4 Å². The number of thioether (sulfide) groups is 1. The molecule has 1 aliphatic heterocycles. The summed E-state index contributed by atoms with van der Waals surface area (Å²) in [4.78, 5) is 6.28. The summed E-state index contributed by atoms with van der Waals surface area (Å²) in [6.45, 7) is 1.96. The molecule has 0 spiro atoms. The van der Waals surface area contributed by atoms with E-state index >= 15 is 0 Å². The maximum Gasteiger partial charge on any atom is 0.126 e. The molecule has 0 amide bonds. The number of hydrogen-bond acceptors (Lipinski definition) is 4. The van der Waals surface area contributed by atoms with Gasteiger partial charge < -0.3 is 10.6 Å². The smallest absolute Gasteiger partial charge is 0.126 e. The lowest BCUT2D eigenvalue weighted by molar-refractivity contribution is 0.579. The zero-order valence-corrected chi connectivity index (χ0v) is 15.3. The van der Waals surface area contributed by atoms with Crippen LogP contribution >= 0.6 is 11.8 Å². The van der Waals surface area contributed by atoms with E-state index in [-0.39, 0.29) is 0 Å². The summed E-state index contributed by atoms with van der Waals surface area (Å²) in [6.07, 6.45) is 8.67. The van der Waals surface area contributed by atoms with Gasteiger partial charge in [-0.3, -0.25) is 0 Å². The molecule has 25 heavy (non-hydrogen) atoms. The van der Waals surface area contributed by atoms with Crippen molar-refractivity contribution in [2.75, 3.05) is 18.4 Å². The van der Waals surface area contributed by atoms with Crippen LogP contribution in [0.5, 0.6) is 0 Å². The molecule has 0 saturated carbocycles. The normalized spacial score (nSPS) is 19.9. The molecule has 1 unspecified atom stereocenters.